The van der Waals surface area contributed by atoms with Gasteiger partial charge in [0.05, 0.1) is 12.1 Å². The summed E-state index contributed by atoms with van der Waals surface area (Å²) in [4.78, 5) is 27.5. The summed E-state index contributed by atoms with van der Waals surface area (Å²) in [5.74, 6) is -1.37. The van der Waals surface area contributed by atoms with Crippen molar-refractivity contribution in [1.29, 1.82) is 0 Å². The van der Waals surface area contributed by atoms with E-state index in [-0.39, 0.29) is 11.6 Å². The monoisotopic (exact) mass is 290 g/mol. The van der Waals surface area contributed by atoms with E-state index in [2.05, 4.69) is 23.3 Å². The summed E-state index contributed by atoms with van der Waals surface area (Å²) >= 11 is 1.61. The zero-order valence-corrected chi connectivity index (χ0v) is 11.7. The third-order valence-electron chi connectivity index (χ3n) is 2.87. The Bertz CT molecular complexity index is 620. The van der Waals surface area contributed by atoms with Crippen LogP contribution >= 0.6 is 11.3 Å². The van der Waals surface area contributed by atoms with E-state index in [1.165, 1.54) is 23.9 Å². The summed E-state index contributed by atoms with van der Waals surface area (Å²) in [6.07, 6.45) is 2.21. The minimum Gasteiger partial charge on any atom is -0.477 e. The van der Waals surface area contributed by atoms with Gasteiger partial charge in [0.15, 0.2) is 0 Å². The molecule has 1 amide bonds. The maximum atomic E-state index is 11.9. The second-order valence-electron chi connectivity index (χ2n) is 4.14. The standard InChI is InChI=1S/C14H14N2O3S/c1-2-9-5-6-20-12(9)8-16-13(17)10-3-4-11(14(18)19)15-7-10/h3-7H,2,8H2,1H3,(H,16,17)(H,18,19). The molecule has 6 heteroatoms. The average molecular weight is 290 g/mol. The quantitative estimate of drug-likeness (QED) is 0.885. The number of carboxylic acid groups (broad SMARTS) is 1. The van der Waals surface area contributed by atoms with Gasteiger partial charge in [-0.15, -0.1) is 11.3 Å². The molecule has 0 spiro atoms. The van der Waals surface area contributed by atoms with Crippen molar-refractivity contribution in [3.05, 3.63) is 51.5 Å². The smallest absolute Gasteiger partial charge is 0.354 e. The van der Waals surface area contributed by atoms with Crippen LogP contribution in [0.1, 0.15) is 38.2 Å². The normalized spacial score (nSPS) is 10.2. The number of aromatic carboxylic acids is 1. The summed E-state index contributed by atoms with van der Waals surface area (Å²) in [6.45, 7) is 2.54. The fourth-order valence-corrected chi connectivity index (χ4v) is 2.67. The summed E-state index contributed by atoms with van der Waals surface area (Å²) in [6, 6.07) is 4.83. The molecule has 0 atom stereocenters. The summed E-state index contributed by atoms with van der Waals surface area (Å²) < 4.78 is 0. The van der Waals surface area contributed by atoms with Crippen molar-refractivity contribution < 1.29 is 14.7 Å². The number of thiophene rings is 1. The number of pyridine rings is 1. The predicted molar refractivity (Wildman–Crippen MR) is 76.1 cm³/mol. The number of aromatic nitrogens is 1. The van der Waals surface area contributed by atoms with Gasteiger partial charge in [0.1, 0.15) is 5.69 Å². The van der Waals surface area contributed by atoms with Gasteiger partial charge in [0, 0.05) is 11.1 Å². The maximum absolute atomic E-state index is 11.9. The van der Waals surface area contributed by atoms with Crippen LogP contribution in [-0.2, 0) is 13.0 Å². The van der Waals surface area contributed by atoms with Gasteiger partial charge in [-0.25, -0.2) is 9.78 Å². The van der Waals surface area contributed by atoms with Crippen LogP contribution in [0, 0.1) is 0 Å². The van der Waals surface area contributed by atoms with E-state index in [4.69, 9.17) is 5.11 Å². The zero-order chi connectivity index (χ0) is 14.5. The number of amides is 1. The highest BCUT2D eigenvalue weighted by Crippen LogP contribution is 2.17. The topological polar surface area (TPSA) is 79.3 Å². The van der Waals surface area contributed by atoms with Crippen molar-refractivity contribution in [2.75, 3.05) is 0 Å². The third kappa shape index (κ3) is 3.21. The Morgan fingerprint density at radius 2 is 2.15 bits per heavy atom. The Balaban J connectivity index is 2.00. The van der Waals surface area contributed by atoms with Gasteiger partial charge in [-0.1, -0.05) is 6.92 Å². The summed E-state index contributed by atoms with van der Waals surface area (Å²) in [5.41, 5.74) is 1.51. The molecule has 0 aromatic carbocycles. The van der Waals surface area contributed by atoms with Gasteiger partial charge in [-0.05, 0) is 35.6 Å². The first kappa shape index (κ1) is 14.2. The lowest BCUT2D eigenvalue weighted by atomic mass is 10.2. The molecular weight excluding hydrogens is 276 g/mol. The minimum absolute atomic E-state index is 0.0759. The van der Waals surface area contributed by atoms with Crippen LogP contribution in [0.15, 0.2) is 29.8 Å². The molecule has 2 heterocycles. The third-order valence-corrected chi connectivity index (χ3v) is 3.84. The van der Waals surface area contributed by atoms with Crippen LogP contribution in [0.5, 0.6) is 0 Å². The van der Waals surface area contributed by atoms with Crippen LogP contribution in [0.25, 0.3) is 0 Å². The lowest BCUT2D eigenvalue weighted by Gasteiger charge is -2.05. The van der Waals surface area contributed by atoms with Crippen molar-refractivity contribution in [1.82, 2.24) is 10.3 Å². The Kier molecular flexibility index (Phi) is 4.47. The molecule has 0 aliphatic rings. The van der Waals surface area contributed by atoms with Crippen molar-refractivity contribution in [3.63, 3.8) is 0 Å². The number of nitrogens with zero attached hydrogens (tertiary/aromatic N) is 1. The van der Waals surface area contributed by atoms with Crippen molar-refractivity contribution in [2.24, 2.45) is 0 Å². The zero-order valence-electron chi connectivity index (χ0n) is 10.9. The highest BCUT2D eigenvalue weighted by Gasteiger charge is 2.10. The van der Waals surface area contributed by atoms with Gasteiger partial charge in [0.25, 0.3) is 5.91 Å². The first-order chi connectivity index (χ1) is 9.61. The fourth-order valence-electron chi connectivity index (χ4n) is 1.75. The molecule has 2 aromatic heterocycles. The molecule has 0 radical (unpaired) electrons. The Hall–Kier alpha value is -2.21. The minimum atomic E-state index is -1.11. The maximum Gasteiger partial charge on any atom is 0.354 e. The van der Waals surface area contributed by atoms with Crippen LogP contribution in [-0.4, -0.2) is 22.0 Å². The SMILES string of the molecule is CCc1ccsc1CNC(=O)c1ccc(C(=O)O)nc1. The van der Waals surface area contributed by atoms with Crippen LogP contribution in [0.2, 0.25) is 0 Å². The molecule has 2 N–H and O–H groups in total. The summed E-state index contributed by atoms with van der Waals surface area (Å²) in [5, 5.41) is 13.6. The molecular formula is C14H14N2O3S. The molecule has 0 aliphatic carbocycles. The number of rotatable bonds is 5. The second-order valence-corrected chi connectivity index (χ2v) is 5.14. The molecule has 0 saturated carbocycles. The van der Waals surface area contributed by atoms with Gasteiger partial charge in [-0.3, -0.25) is 4.79 Å². The number of hydrogen-bond acceptors (Lipinski definition) is 4. The number of aryl methyl sites for hydroxylation is 1. The van der Waals surface area contributed by atoms with Gasteiger partial charge >= 0.3 is 5.97 Å². The largest absolute Gasteiger partial charge is 0.477 e. The highest BCUT2D eigenvalue weighted by molar-refractivity contribution is 7.10. The molecule has 0 fully saturated rings. The van der Waals surface area contributed by atoms with Gasteiger partial charge in [0.2, 0.25) is 0 Å². The Morgan fingerprint density at radius 1 is 1.35 bits per heavy atom. The molecule has 0 saturated heterocycles. The van der Waals surface area contributed by atoms with E-state index in [9.17, 15) is 9.59 Å². The first-order valence-electron chi connectivity index (χ1n) is 6.14. The number of hydrogen-bond donors (Lipinski definition) is 2. The van der Waals surface area contributed by atoms with E-state index in [1.54, 1.807) is 11.3 Å². The molecule has 2 rings (SSSR count). The molecule has 0 unspecified atom stereocenters. The van der Waals surface area contributed by atoms with E-state index in [0.717, 1.165) is 11.3 Å². The van der Waals surface area contributed by atoms with Crippen molar-refractivity contribution >= 4 is 23.2 Å². The van der Waals surface area contributed by atoms with Crippen molar-refractivity contribution in [2.45, 2.75) is 19.9 Å². The average Bonchev–Trinajstić information content (AvgIpc) is 2.92. The van der Waals surface area contributed by atoms with E-state index < -0.39 is 5.97 Å². The van der Waals surface area contributed by atoms with Crippen LogP contribution in [0.4, 0.5) is 0 Å². The van der Waals surface area contributed by atoms with Crippen LogP contribution in [0.3, 0.4) is 0 Å². The van der Waals surface area contributed by atoms with E-state index >= 15 is 0 Å². The highest BCUT2D eigenvalue weighted by atomic mass is 32.1. The molecule has 0 bridgehead atoms. The first-order valence-corrected chi connectivity index (χ1v) is 7.02. The van der Waals surface area contributed by atoms with Gasteiger partial charge in [-0.2, -0.15) is 0 Å². The lowest BCUT2D eigenvalue weighted by molar-refractivity contribution is 0.0689. The molecule has 20 heavy (non-hydrogen) atoms. The lowest BCUT2D eigenvalue weighted by Crippen LogP contribution is -2.23. The Labute approximate surface area is 120 Å². The number of carbonyl (C=O) groups excluding carboxylic acids is 1. The molecule has 0 aliphatic heterocycles. The van der Waals surface area contributed by atoms with Crippen molar-refractivity contribution in [3.8, 4) is 0 Å². The van der Waals surface area contributed by atoms with Crippen LogP contribution < -0.4 is 5.32 Å². The predicted octanol–water partition coefficient (Wildman–Crippen LogP) is 2.33. The summed E-state index contributed by atoms with van der Waals surface area (Å²) in [7, 11) is 0. The Morgan fingerprint density at radius 3 is 2.75 bits per heavy atom. The van der Waals surface area contributed by atoms with E-state index in [1.807, 2.05) is 5.38 Å². The fraction of sp³-hybridized carbons (Fsp3) is 0.214. The number of carboxylic acids is 1. The molecule has 2 aromatic rings. The molecule has 104 valence electrons. The number of carbonyl (C=O) groups is 2. The van der Waals surface area contributed by atoms with Gasteiger partial charge < -0.3 is 10.4 Å². The molecule has 5 nitrogen and oxygen atoms in total. The number of nitrogens with one attached hydrogen (secondary N) is 1. The second kappa shape index (κ2) is 6.29. The van der Waals surface area contributed by atoms with E-state index in [0.29, 0.717) is 12.1 Å².